The summed E-state index contributed by atoms with van der Waals surface area (Å²) in [4.78, 5) is 16.8. The standard InChI is InChI=1S/C15H31N3O/c1-6-9-18-10-7-12(8-11-18)17(5)14(19)13(16)15(2,3)4/h12-13H,6-11,16H2,1-5H3. The number of likely N-dealkylation sites (N-methyl/N-ethyl adjacent to an activating group) is 1. The summed E-state index contributed by atoms with van der Waals surface area (Å²) in [6.45, 7) is 11.6. The molecule has 0 saturated carbocycles. The van der Waals surface area contributed by atoms with E-state index < -0.39 is 6.04 Å². The van der Waals surface area contributed by atoms with Crippen molar-refractivity contribution in [2.75, 3.05) is 26.7 Å². The molecule has 19 heavy (non-hydrogen) atoms. The summed E-state index contributed by atoms with van der Waals surface area (Å²) >= 11 is 0. The maximum absolute atomic E-state index is 12.4. The van der Waals surface area contributed by atoms with Gasteiger partial charge in [-0.05, 0) is 31.2 Å². The zero-order valence-corrected chi connectivity index (χ0v) is 13.3. The molecule has 0 aliphatic carbocycles. The highest BCUT2D eigenvalue weighted by Crippen LogP contribution is 2.22. The molecule has 4 heteroatoms. The van der Waals surface area contributed by atoms with Crippen LogP contribution in [0, 0.1) is 5.41 Å². The Balaban J connectivity index is 2.51. The highest BCUT2D eigenvalue weighted by Gasteiger charge is 2.33. The van der Waals surface area contributed by atoms with E-state index in [4.69, 9.17) is 5.73 Å². The van der Waals surface area contributed by atoms with E-state index in [0.29, 0.717) is 6.04 Å². The van der Waals surface area contributed by atoms with Crippen LogP contribution in [-0.2, 0) is 4.79 Å². The highest BCUT2D eigenvalue weighted by molar-refractivity contribution is 5.82. The van der Waals surface area contributed by atoms with Gasteiger partial charge in [0, 0.05) is 26.2 Å². The van der Waals surface area contributed by atoms with Gasteiger partial charge in [0.15, 0.2) is 0 Å². The lowest BCUT2D eigenvalue weighted by Gasteiger charge is -2.39. The second-order valence-electron chi connectivity index (χ2n) is 6.87. The van der Waals surface area contributed by atoms with Crippen molar-refractivity contribution in [2.45, 2.75) is 59.0 Å². The molecule has 1 saturated heterocycles. The van der Waals surface area contributed by atoms with Gasteiger partial charge in [-0.1, -0.05) is 27.7 Å². The normalized spacial score (nSPS) is 20.3. The van der Waals surface area contributed by atoms with Gasteiger partial charge in [0.05, 0.1) is 6.04 Å². The lowest BCUT2D eigenvalue weighted by molar-refractivity contribution is -0.136. The predicted octanol–water partition coefficient (Wildman–Crippen LogP) is 1.69. The number of piperidine rings is 1. The van der Waals surface area contributed by atoms with Gasteiger partial charge in [0.25, 0.3) is 0 Å². The number of rotatable bonds is 4. The third-order valence-electron chi connectivity index (χ3n) is 4.19. The van der Waals surface area contributed by atoms with E-state index in [1.807, 2.05) is 32.7 Å². The van der Waals surface area contributed by atoms with Crippen LogP contribution in [0.15, 0.2) is 0 Å². The zero-order chi connectivity index (χ0) is 14.6. The fraction of sp³-hybridized carbons (Fsp3) is 0.933. The van der Waals surface area contributed by atoms with Crippen molar-refractivity contribution in [1.82, 2.24) is 9.80 Å². The first-order valence-corrected chi connectivity index (χ1v) is 7.52. The minimum absolute atomic E-state index is 0.0847. The van der Waals surface area contributed by atoms with Gasteiger partial charge >= 0.3 is 0 Å². The topological polar surface area (TPSA) is 49.6 Å². The van der Waals surface area contributed by atoms with Crippen LogP contribution in [-0.4, -0.2) is 54.5 Å². The van der Waals surface area contributed by atoms with Crippen molar-refractivity contribution in [2.24, 2.45) is 11.1 Å². The first kappa shape index (κ1) is 16.4. The smallest absolute Gasteiger partial charge is 0.240 e. The molecular formula is C15H31N3O. The molecule has 0 spiro atoms. The monoisotopic (exact) mass is 269 g/mol. The van der Waals surface area contributed by atoms with E-state index in [-0.39, 0.29) is 11.3 Å². The predicted molar refractivity (Wildman–Crippen MR) is 80.0 cm³/mol. The van der Waals surface area contributed by atoms with Crippen LogP contribution in [0.5, 0.6) is 0 Å². The second-order valence-corrected chi connectivity index (χ2v) is 6.87. The second kappa shape index (κ2) is 6.71. The summed E-state index contributed by atoms with van der Waals surface area (Å²) in [6.07, 6.45) is 3.34. The molecule has 1 rings (SSSR count). The molecule has 112 valence electrons. The van der Waals surface area contributed by atoms with Gasteiger partial charge in [-0.15, -0.1) is 0 Å². The Bertz CT molecular complexity index is 290. The van der Waals surface area contributed by atoms with Gasteiger partial charge < -0.3 is 15.5 Å². The molecule has 0 radical (unpaired) electrons. The summed E-state index contributed by atoms with van der Waals surface area (Å²) in [5.41, 5.74) is 5.90. The minimum atomic E-state index is -0.411. The molecule has 1 atom stereocenters. The van der Waals surface area contributed by atoms with Crippen molar-refractivity contribution >= 4 is 5.91 Å². The minimum Gasteiger partial charge on any atom is -0.341 e. The first-order chi connectivity index (χ1) is 8.77. The molecule has 2 N–H and O–H groups in total. The number of carbonyl (C=O) groups excluding carboxylic acids is 1. The first-order valence-electron chi connectivity index (χ1n) is 7.52. The van der Waals surface area contributed by atoms with Crippen LogP contribution in [0.3, 0.4) is 0 Å². The Morgan fingerprint density at radius 3 is 2.32 bits per heavy atom. The van der Waals surface area contributed by atoms with Crippen molar-refractivity contribution in [3.8, 4) is 0 Å². The Hall–Kier alpha value is -0.610. The van der Waals surface area contributed by atoms with Crippen LogP contribution in [0.1, 0.15) is 47.0 Å². The molecule has 1 aliphatic heterocycles. The molecule has 1 aliphatic rings. The van der Waals surface area contributed by atoms with Crippen LogP contribution in [0.2, 0.25) is 0 Å². The molecule has 1 unspecified atom stereocenters. The van der Waals surface area contributed by atoms with Crippen molar-refractivity contribution in [3.05, 3.63) is 0 Å². The molecule has 0 bridgehead atoms. The van der Waals surface area contributed by atoms with Crippen molar-refractivity contribution in [3.63, 3.8) is 0 Å². The fourth-order valence-corrected chi connectivity index (χ4v) is 2.62. The molecule has 4 nitrogen and oxygen atoms in total. The maximum atomic E-state index is 12.4. The van der Waals surface area contributed by atoms with Gasteiger partial charge in [-0.2, -0.15) is 0 Å². The number of likely N-dealkylation sites (tertiary alicyclic amines) is 1. The quantitative estimate of drug-likeness (QED) is 0.845. The van der Waals surface area contributed by atoms with Crippen LogP contribution >= 0.6 is 0 Å². The number of hydrogen-bond acceptors (Lipinski definition) is 3. The third kappa shape index (κ3) is 4.46. The van der Waals surface area contributed by atoms with Gasteiger partial charge in [0.2, 0.25) is 5.91 Å². The number of amides is 1. The van der Waals surface area contributed by atoms with Gasteiger partial charge in [0.1, 0.15) is 0 Å². The number of nitrogens with zero attached hydrogens (tertiary/aromatic N) is 2. The van der Waals surface area contributed by atoms with Crippen molar-refractivity contribution < 1.29 is 4.79 Å². The Morgan fingerprint density at radius 2 is 1.89 bits per heavy atom. The largest absolute Gasteiger partial charge is 0.341 e. The van der Waals surface area contributed by atoms with Crippen LogP contribution in [0.25, 0.3) is 0 Å². The lowest BCUT2D eigenvalue weighted by atomic mass is 9.86. The molecular weight excluding hydrogens is 238 g/mol. The Labute approximate surface area is 118 Å². The van der Waals surface area contributed by atoms with Gasteiger partial charge in [-0.3, -0.25) is 4.79 Å². The summed E-state index contributed by atoms with van der Waals surface area (Å²) in [5, 5.41) is 0. The summed E-state index contributed by atoms with van der Waals surface area (Å²) in [5.74, 6) is 0.0847. The van der Waals surface area contributed by atoms with Crippen LogP contribution in [0.4, 0.5) is 0 Å². The lowest BCUT2D eigenvalue weighted by Crippen LogP contribution is -2.54. The van der Waals surface area contributed by atoms with E-state index >= 15 is 0 Å². The molecule has 1 heterocycles. The Kier molecular flexibility index (Phi) is 5.81. The van der Waals surface area contributed by atoms with Crippen molar-refractivity contribution in [1.29, 1.82) is 0 Å². The summed E-state index contributed by atoms with van der Waals surface area (Å²) in [6, 6.07) is -0.0554. The molecule has 1 fully saturated rings. The third-order valence-corrected chi connectivity index (χ3v) is 4.19. The SMILES string of the molecule is CCCN1CCC(N(C)C(=O)C(N)C(C)(C)C)CC1. The zero-order valence-electron chi connectivity index (χ0n) is 13.3. The van der Waals surface area contributed by atoms with E-state index in [0.717, 1.165) is 25.9 Å². The average molecular weight is 269 g/mol. The molecule has 0 aromatic heterocycles. The number of carbonyl (C=O) groups is 1. The van der Waals surface area contributed by atoms with E-state index in [9.17, 15) is 4.79 Å². The van der Waals surface area contributed by atoms with E-state index in [1.165, 1.54) is 13.0 Å². The highest BCUT2D eigenvalue weighted by atomic mass is 16.2. The van der Waals surface area contributed by atoms with E-state index in [2.05, 4.69) is 11.8 Å². The van der Waals surface area contributed by atoms with Crippen LogP contribution < -0.4 is 5.73 Å². The summed E-state index contributed by atoms with van der Waals surface area (Å²) in [7, 11) is 1.91. The maximum Gasteiger partial charge on any atom is 0.240 e. The van der Waals surface area contributed by atoms with E-state index in [1.54, 1.807) is 0 Å². The number of hydrogen-bond donors (Lipinski definition) is 1. The fourth-order valence-electron chi connectivity index (χ4n) is 2.62. The molecule has 1 amide bonds. The molecule has 0 aromatic carbocycles. The Morgan fingerprint density at radius 1 is 1.37 bits per heavy atom. The average Bonchev–Trinajstić information content (AvgIpc) is 2.36. The number of nitrogens with two attached hydrogens (primary N) is 1. The van der Waals surface area contributed by atoms with Gasteiger partial charge in [-0.25, -0.2) is 0 Å². The molecule has 0 aromatic rings. The summed E-state index contributed by atoms with van der Waals surface area (Å²) < 4.78 is 0.